The number of carboxylic acids is 1. The number of aromatic carboxylic acids is 1. The Morgan fingerprint density at radius 3 is 2.67 bits per heavy atom. The van der Waals surface area contributed by atoms with Crippen molar-refractivity contribution in [3.8, 4) is 0 Å². The summed E-state index contributed by atoms with van der Waals surface area (Å²) in [6, 6.07) is 0. The highest BCUT2D eigenvalue weighted by molar-refractivity contribution is 7.99. The van der Waals surface area contributed by atoms with Crippen LogP contribution in [0.1, 0.15) is 28.9 Å². The highest BCUT2D eigenvalue weighted by Crippen LogP contribution is 2.23. The number of nitrogens with zero attached hydrogens (tertiary/aromatic N) is 3. The average Bonchev–Trinajstić information content (AvgIpc) is 2.38. The maximum absolute atomic E-state index is 10.9. The minimum Gasteiger partial charge on any atom is -0.478 e. The molecule has 0 atom stereocenters. The molecule has 5 nitrogen and oxygen atoms in total. The van der Waals surface area contributed by atoms with Crippen LogP contribution in [0.15, 0.2) is 6.20 Å². The van der Waals surface area contributed by atoms with Gasteiger partial charge in [-0.15, -0.1) is 0 Å². The highest BCUT2D eigenvalue weighted by atomic mass is 32.2. The largest absolute Gasteiger partial charge is 0.478 e. The molecule has 2 rings (SSSR count). The van der Waals surface area contributed by atoms with Crippen molar-refractivity contribution < 1.29 is 9.90 Å². The zero-order chi connectivity index (χ0) is 13.1. The molecule has 0 unspecified atom stereocenters. The molecule has 1 aliphatic rings. The van der Waals surface area contributed by atoms with E-state index >= 15 is 0 Å². The lowest BCUT2D eigenvalue weighted by Gasteiger charge is -2.31. The van der Waals surface area contributed by atoms with Crippen molar-refractivity contribution in [2.75, 3.05) is 24.2 Å². The molecular weight excluding hydrogens is 250 g/mol. The number of aryl methyl sites for hydroxylation is 1. The highest BCUT2D eigenvalue weighted by Gasteiger charge is 2.21. The maximum Gasteiger partial charge on any atom is 0.339 e. The lowest BCUT2D eigenvalue weighted by atomic mass is 10.1. The number of piperidine rings is 1. The lowest BCUT2D eigenvalue weighted by molar-refractivity contribution is 0.0695. The Morgan fingerprint density at radius 2 is 2.17 bits per heavy atom. The van der Waals surface area contributed by atoms with Gasteiger partial charge in [0, 0.05) is 24.5 Å². The van der Waals surface area contributed by atoms with Crippen LogP contribution in [-0.4, -0.2) is 45.6 Å². The summed E-state index contributed by atoms with van der Waals surface area (Å²) in [6.45, 7) is 3.60. The summed E-state index contributed by atoms with van der Waals surface area (Å²) >= 11 is 1.91. The summed E-state index contributed by atoms with van der Waals surface area (Å²) in [6.07, 6.45) is 5.80. The van der Waals surface area contributed by atoms with Crippen LogP contribution in [0.3, 0.4) is 0 Å². The first-order valence-corrected chi connectivity index (χ1v) is 7.25. The van der Waals surface area contributed by atoms with E-state index in [0.29, 0.717) is 11.6 Å². The molecule has 0 bridgehead atoms. The van der Waals surface area contributed by atoms with E-state index < -0.39 is 5.97 Å². The molecular formula is C12H17N3O2S. The summed E-state index contributed by atoms with van der Waals surface area (Å²) in [5.41, 5.74) is 0.706. The van der Waals surface area contributed by atoms with E-state index in [0.717, 1.165) is 31.2 Å². The fourth-order valence-electron chi connectivity index (χ4n) is 2.11. The first-order valence-electron chi connectivity index (χ1n) is 5.96. The monoisotopic (exact) mass is 267 g/mol. The Kier molecular flexibility index (Phi) is 4.06. The van der Waals surface area contributed by atoms with Crippen LogP contribution in [0.5, 0.6) is 0 Å². The van der Waals surface area contributed by atoms with Gasteiger partial charge >= 0.3 is 5.97 Å². The SMILES string of the molecule is CSC1CCN(c2ncc(C(=O)O)c(C)n2)CC1. The van der Waals surface area contributed by atoms with Crippen molar-refractivity contribution in [3.05, 3.63) is 17.5 Å². The molecule has 1 N–H and O–H groups in total. The molecule has 0 spiro atoms. The predicted octanol–water partition coefficient (Wildman–Crippen LogP) is 1.82. The van der Waals surface area contributed by atoms with Crippen LogP contribution >= 0.6 is 11.8 Å². The molecule has 2 heterocycles. The summed E-state index contributed by atoms with van der Waals surface area (Å²) in [7, 11) is 0. The number of aromatic nitrogens is 2. The number of rotatable bonds is 3. The first kappa shape index (κ1) is 13.1. The van der Waals surface area contributed by atoms with E-state index in [1.165, 1.54) is 6.20 Å². The second-order valence-corrected chi connectivity index (χ2v) is 5.53. The molecule has 1 fully saturated rings. The second kappa shape index (κ2) is 5.56. The molecule has 1 saturated heterocycles. The number of carboxylic acid groups (broad SMARTS) is 1. The standard InChI is InChI=1S/C12H17N3O2S/c1-8-10(11(16)17)7-13-12(14-8)15-5-3-9(18-2)4-6-15/h7,9H,3-6H2,1-2H3,(H,16,17). The van der Waals surface area contributed by atoms with Gasteiger partial charge in [0.15, 0.2) is 0 Å². The molecule has 0 aliphatic carbocycles. The molecule has 0 aromatic carbocycles. The Bertz CT molecular complexity index is 445. The molecule has 1 aromatic heterocycles. The fourth-order valence-corrected chi connectivity index (χ4v) is 2.79. The minimum absolute atomic E-state index is 0.178. The average molecular weight is 267 g/mol. The molecule has 1 aromatic rings. The third-order valence-corrected chi connectivity index (χ3v) is 4.39. The van der Waals surface area contributed by atoms with Gasteiger partial charge in [0.25, 0.3) is 0 Å². The number of hydrogen-bond donors (Lipinski definition) is 1. The molecule has 0 amide bonds. The number of carbonyl (C=O) groups is 1. The fraction of sp³-hybridized carbons (Fsp3) is 0.583. The van der Waals surface area contributed by atoms with Gasteiger partial charge in [0.05, 0.1) is 11.3 Å². The van der Waals surface area contributed by atoms with Crippen LogP contribution in [0.25, 0.3) is 0 Å². The van der Waals surface area contributed by atoms with E-state index in [1.807, 2.05) is 11.8 Å². The van der Waals surface area contributed by atoms with Gasteiger partial charge in [-0.1, -0.05) is 0 Å². The van der Waals surface area contributed by atoms with Gasteiger partial charge in [0.2, 0.25) is 5.95 Å². The summed E-state index contributed by atoms with van der Waals surface area (Å²) in [5, 5.41) is 9.66. The Hall–Kier alpha value is -1.30. The van der Waals surface area contributed by atoms with Gasteiger partial charge < -0.3 is 10.0 Å². The van der Waals surface area contributed by atoms with Crippen LogP contribution in [0, 0.1) is 6.92 Å². The Morgan fingerprint density at radius 1 is 1.50 bits per heavy atom. The van der Waals surface area contributed by atoms with Crippen molar-refractivity contribution in [2.24, 2.45) is 0 Å². The maximum atomic E-state index is 10.9. The molecule has 1 aliphatic heterocycles. The normalized spacial score (nSPS) is 16.9. The summed E-state index contributed by atoms with van der Waals surface area (Å²) in [4.78, 5) is 21.5. The van der Waals surface area contributed by atoms with Gasteiger partial charge in [-0.2, -0.15) is 11.8 Å². The third-order valence-electron chi connectivity index (χ3n) is 3.26. The van der Waals surface area contributed by atoms with Crippen LogP contribution in [0.4, 0.5) is 5.95 Å². The lowest BCUT2D eigenvalue weighted by Crippen LogP contribution is -2.36. The van der Waals surface area contributed by atoms with Crippen LogP contribution in [0.2, 0.25) is 0 Å². The van der Waals surface area contributed by atoms with Gasteiger partial charge in [-0.05, 0) is 26.0 Å². The smallest absolute Gasteiger partial charge is 0.339 e. The molecule has 6 heteroatoms. The number of anilines is 1. The zero-order valence-corrected chi connectivity index (χ0v) is 11.4. The molecule has 0 radical (unpaired) electrons. The second-order valence-electron chi connectivity index (χ2n) is 4.40. The van der Waals surface area contributed by atoms with Crippen molar-refractivity contribution in [1.82, 2.24) is 9.97 Å². The van der Waals surface area contributed by atoms with E-state index in [-0.39, 0.29) is 5.56 Å². The van der Waals surface area contributed by atoms with E-state index in [2.05, 4.69) is 21.1 Å². The minimum atomic E-state index is -0.972. The van der Waals surface area contributed by atoms with Crippen molar-refractivity contribution in [3.63, 3.8) is 0 Å². The van der Waals surface area contributed by atoms with E-state index in [9.17, 15) is 4.79 Å². The predicted molar refractivity (Wildman–Crippen MR) is 72.5 cm³/mol. The quantitative estimate of drug-likeness (QED) is 0.901. The summed E-state index contributed by atoms with van der Waals surface area (Å²) in [5.74, 6) is -0.322. The molecule has 98 valence electrons. The van der Waals surface area contributed by atoms with Crippen molar-refractivity contribution in [1.29, 1.82) is 0 Å². The summed E-state index contributed by atoms with van der Waals surface area (Å²) < 4.78 is 0. The number of thioether (sulfide) groups is 1. The van der Waals surface area contributed by atoms with Gasteiger partial charge in [-0.3, -0.25) is 0 Å². The Balaban J connectivity index is 2.11. The van der Waals surface area contributed by atoms with Gasteiger partial charge in [0.1, 0.15) is 0 Å². The van der Waals surface area contributed by atoms with Crippen LogP contribution < -0.4 is 4.90 Å². The topological polar surface area (TPSA) is 66.3 Å². The van der Waals surface area contributed by atoms with Crippen molar-refractivity contribution in [2.45, 2.75) is 25.0 Å². The molecule has 18 heavy (non-hydrogen) atoms. The first-order chi connectivity index (χ1) is 8.61. The number of hydrogen-bond acceptors (Lipinski definition) is 5. The zero-order valence-electron chi connectivity index (χ0n) is 10.6. The van der Waals surface area contributed by atoms with E-state index in [4.69, 9.17) is 5.11 Å². The molecule has 0 saturated carbocycles. The third kappa shape index (κ3) is 2.75. The Labute approximate surface area is 111 Å². The van der Waals surface area contributed by atoms with Crippen molar-refractivity contribution >= 4 is 23.7 Å². The van der Waals surface area contributed by atoms with Crippen LogP contribution in [-0.2, 0) is 0 Å². The van der Waals surface area contributed by atoms with E-state index in [1.54, 1.807) is 6.92 Å². The van der Waals surface area contributed by atoms with Gasteiger partial charge in [-0.25, -0.2) is 14.8 Å².